The SMILES string of the molecule is CN(CCC(=O)O)C(=O)CCn1cccc1C=O. The Hall–Kier alpha value is -2.11. The maximum absolute atomic E-state index is 11.7. The lowest BCUT2D eigenvalue weighted by Crippen LogP contribution is -2.29. The van der Waals surface area contributed by atoms with E-state index in [1.165, 1.54) is 4.90 Å². The maximum atomic E-state index is 11.7. The molecule has 0 saturated carbocycles. The third-order valence-electron chi connectivity index (χ3n) is 2.64. The van der Waals surface area contributed by atoms with E-state index < -0.39 is 5.97 Å². The van der Waals surface area contributed by atoms with Gasteiger partial charge in [0, 0.05) is 32.8 Å². The topological polar surface area (TPSA) is 79.6 Å². The quantitative estimate of drug-likeness (QED) is 0.721. The van der Waals surface area contributed by atoms with Crippen molar-refractivity contribution >= 4 is 18.2 Å². The van der Waals surface area contributed by atoms with Crippen molar-refractivity contribution in [3.63, 3.8) is 0 Å². The van der Waals surface area contributed by atoms with E-state index in [0.29, 0.717) is 12.2 Å². The normalized spacial score (nSPS) is 10.1. The van der Waals surface area contributed by atoms with Gasteiger partial charge in [-0.2, -0.15) is 0 Å². The highest BCUT2D eigenvalue weighted by Gasteiger charge is 2.10. The van der Waals surface area contributed by atoms with Crippen molar-refractivity contribution in [2.24, 2.45) is 0 Å². The number of carbonyl (C=O) groups excluding carboxylic acids is 2. The Morgan fingerprint density at radius 2 is 2.17 bits per heavy atom. The van der Waals surface area contributed by atoms with E-state index in [2.05, 4.69) is 0 Å². The predicted molar refractivity (Wildman–Crippen MR) is 64.3 cm³/mol. The van der Waals surface area contributed by atoms with E-state index in [1.807, 2.05) is 0 Å². The summed E-state index contributed by atoms with van der Waals surface area (Å²) in [5.41, 5.74) is 0.524. The van der Waals surface area contributed by atoms with Crippen LogP contribution in [-0.4, -0.2) is 46.3 Å². The molecule has 0 spiro atoms. The molecule has 0 atom stereocenters. The van der Waals surface area contributed by atoms with Crippen LogP contribution in [0.1, 0.15) is 23.3 Å². The van der Waals surface area contributed by atoms with Crippen LogP contribution in [0.5, 0.6) is 0 Å². The van der Waals surface area contributed by atoms with Gasteiger partial charge in [0.15, 0.2) is 6.29 Å². The summed E-state index contributed by atoms with van der Waals surface area (Å²) in [6.07, 6.45) is 2.64. The molecule has 0 aliphatic carbocycles. The van der Waals surface area contributed by atoms with Crippen LogP contribution < -0.4 is 0 Å². The molecule has 0 unspecified atom stereocenters. The van der Waals surface area contributed by atoms with E-state index in [9.17, 15) is 14.4 Å². The number of carboxylic acid groups (broad SMARTS) is 1. The van der Waals surface area contributed by atoms with Gasteiger partial charge in [-0.1, -0.05) is 0 Å². The molecule has 1 amide bonds. The number of carbonyl (C=O) groups is 3. The van der Waals surface area contributed by atoms with E-state index in [1.54, 1.807) is 29.9 Å². The lowest BCUT2D eigenvalue weighted by Gasteiger charge is -2.16. The average molecular weight is 252 g/mol. The van der Waals surface area contributed by atoms with Gasteiger partial charge < -0.3 is 14.6 Å². The second kappa shape index (κ2) is 6.58. The number of aliphatic carboxylic acids is 1. The number of aldehydes is 1. The number of aromatic nitrogens is 1. The maximum Gasteiger partial charge on any atom is 0.305 e. The van der Waals surface area contributed by atoms with Crippen LogP contribution in [0.15, 0.2) is 18.3 Å². The number of hydrogen-bond donors (Lipinski definition) is 1. The fraction of sp³-hybridized carbons (Fsp3) is 0.417. The van der Waals surface area contributed by atoms with Crippen LogP contribution in [0.25, 0.3) is 0 Å². The minimum Gasteiger partial charge on any atom is -0.481 e. The molecule has 1 heterocycles. The van der Waals surface area contributed by atoms with Crippen LogP contribution in [0.2, 0.25) is 0 Å². The number of hydrogen-bond acceptors (Lipinski definition) is 3. The van der Waals surface area contributed by atoms with Crippen LogP contribution >= 0.6 is 0 Å². The Morgan fingerprint density at radius 1 is 1.44 bits per heavy atom. The zero-order valence-electron chi connectivity index (χ0n) is 10.2. The summed E-state index contributed by atoms with van der Waals surface area (Å²) in [6.45, 7) is 0.609. The van der Waals surface area contributed by atoms with Gasteiger partial charge in [-0.25, -0.2) is 0 Å². The summed E-state index contributed by atoms with van der Waals surface area (Å²) in [5, 5.41) is 8.51. The van der Waals surface area contributed by atoms with Crippen molar-refractivity contribution in [3.05, 3.63) is 24.0 Å². The molecule has 0 radical (unpaired) electrons. The van der Waals surface area contributed by atoms with Gasteiger partial charge >= 0.3 is 5.97 Å². The summed E-state index contributed by atoms with van der Waals surface area (Å²) in [5.74, 6) is -1.06. The van der Waals surface area contributed by atoms with Crippen molar-refractivity contribution < 1.29 is 19.5 Å². The van der Waals surface area contributed by atoms with Crippen LogP contribution in [0.4, 0.5) is 0 Å². The van der Waals surface area contributed by atoms with Gasteiger partial charge in [0.2, 0.25) is 5.91 Å². The first-order chi connectivity index (χ1) is 8.54. The second-order valence-corrected chi connectivity index (χ2v) is 3.95. The molecule has 0 aliphatic rings. The van der Waals surface area contributed by atoms with Gasteiger partial charge in [-0.05, 0) is 12.1 Å². The molecule has 1 rings (SSSR count). The van der Waals surface area contributed by atoms with E-state index in [4.69, 9.17) is 5.11 Å². The van der Waals surface area contributed by atoms with E-state index >= 15 is 0 Å². The Labute approximate surface area is 105 Å². The highest BCUT2D eigenvalue weighted by molar-refractivity contribution is 5.77. The summed E-state index contributed by atoms with van der Waals surface area (Å²) < 4.78 is 1.69. The zero-order valence-corrected chi connectivity index (χ0v) is 10.2. The molecule has 1 N–H and O–H groups in total. The Balaban J connectivity index is 2.41. The largest absolute Gasteiger partial charge is 0.481 e. The third-order valence-corrected chi connectivity index (χ3v) is 2.64. The molecule has 6 heteroatoms. The minimum absolute atomic E-state index is 0.0641. The number of rotatable bonds is 7. The van der Waals surface area contributed by atoms with Crippen LogP contribution in [0, 0.1) is 0 Å². The van der Waals surface area contributed by atoms with Crippen molar-refractivity contribution in [2.75, 3.05) is 13.6 Å². The van der Waals surface area contributed by atoms with Gasteiger partial charge in [0.05, 0.1) is 12.1 Å². The first-order valence-electron chi connectivity index (χ1n) is 5.60. The molecular weight excluding hydrogens is 236 g/mol. The van der Waals surface area contributed by atoms with Gasteiger partial charge in [0.1, 0.15) is 0 Å². The van der Waals surface area contributed by atoms with Crippen molar-refractivity contribution in [3.8, 4) is 0 Å². The summed E-state index contributed by atoms with van der Waals surface area (Å²) in [6, 6.07) is 3.41. The monoisotopic (exact) mass is 252 g/mol. The number of carboxylic acids is 1. The van der Waals surface area contributed by atoms with Crippen molar-refractivity contribution in [2.45, 2.75) is 19.4 Å². The second-order valence-electron chi connectivity index (χ2n) is 3.95. The molecule has 0 saturated heterocycles. The standard InChI is InChI=1S/C12H16N2O4/c1-13(7-5-12(17)18)11(16)4-8-14-6-2-3-10(14)9-15/h2-3,6,9H,4-5,7-8H2,1H3,(H,17,18). The molecule has 6 nitrogen and oxygen atoms in total. The summed E-state index contributed by atoms with van der Waals surface area (Å²) in [7, 11) is 1.57. The van der Waals surface area contributed by atoms with Crippen LogP contribution in [-0.2, 0) is 16.1 Å². The van der Waals surface area contributed by atoms with Gasteiger partial charge in [-0.3, -0.25) is 14.4 Å². The number of aryl methyl sites for hydroxylation is 1. The zero-order chi connectivity index (χ0) is 13.5. The van der Waals surface area contributed by atoms with E-state index in [0.717, 1.165) is 6.29 Å². The fourth-order valence-corrected chi connectivity index (χ4v) is 1.53. The molecule has 0 bridgehead atoms. The molecule has 0 aromatic carbocycles. The minimum atomic E-state index is -0.927. The molecular formula is C12H16N2O4. The Morgan fingerprint density at radius 3 is 2.78 bits per heavy atom. The lowest BCUT2D eigenvalue weighted by atomic mass is 10.3. The average Bonchev–Trinajstić information content (AvgIpc) is 2.80. The summed E-state index contributed by atoms with van der Waals surface area (Å²) in [4.78, 5) is 34.1. The molecule has 1 aromatic heterocycles. The van der Waals surface area contributed by atoms with Gasteiger partial charge in [0.25, 0.3) is 0 Å². The molecule has 98 valence electrons. The van der Waals surface area contributed by atoms with Crippen molar-refractivity contribution in [1.29, 1.82) is 0 Å². The highest BCUT2D eigenvalue weighted by atomic mass is 16.4. The number of amides is 1. The Bertz CT molecular complexity index is 439. The molecule has 0 fully saturated rings. The molecule has 0 aliphatic heterocycles. The van der Waals surface area contributed by atoms with Crippen LogP contribution in [0.3, 0.4) is 0 Å². The predicted octanol–water partition coefficient (Wildman–Crippen LogP) is 0.624. The van der Waals surface area contributed by atoms with Gasteiger partial charge in [-0.15, -0.1) is 0 Å². The lowest BCUT2D eigenvalue weighted by molar-refractivity contribution is -0.138. The smallest absolute Gasteiger partial charge is 0.305 e. The fourth-order valence-electron chi connectivity index (χ4n) is 1.53. The molecule has 18 heavy (non-hydrogen) atoms. The Kier molecular flexibility index (Phi) is 5.10. The first kappa shape index (κ1) is 14.0. The van der Waals surface area contributed by atoms with Crippen molar-refractivity contribution in [1.82, 2.24) is 9.47 Å². The van der Waals surface area contributed by atoms with E-state index in [-0.39, 0.29) is 25.3 Å². The third kappa shape index (κ3) is 4.04. The first-order valence-corrected chi connectivity index (χ1v) is 5.60. The summed E-state index contributed by atoms with van der Waals surface area (Å²) >= 11 is 0. The molecule has 1 aromatic rings. The highest BCUT2D eigenvalue weighted by Crippen LogP contribution is 2.02. The number of nitrogens with zero attached hydrogens (tertiary/aromatic N) is 2.